The van der Waals surface area contributed by atoms with Gasteiger partial charge in [-0.25, -0.2) is 17.9 Å². The molecule has 0 unspecified atom stereocenters. The molecule has 0 bridgehead atoms. The second-order valence-corrected chi connectivity index (χ2v) is 7.99. The van der Waals surface area contributed by atoms with Gasteiger partial charge in [0.1, 0.15) is 18.0 Å². The van der Waals surface area contributed by atoms with E-state index in [2.05, 4.69) is 10.0 Å². The fraction of sp³-hybridized carbons (Fsp3) is 0.533. The molecule has 0 aliphatic carbocycles. The number of hydrogen-bond acceptors (Lipinski definition) is 6. The fourth-order valence-corrected chi connectivity index (χ4v) is 2.49. The van der Waals surface area contributed by atoms with Crippen LogP contribution in [-0.2, 0) is 14.8 Å². The highest BCUT2D eigenvalue weighted by Gasteiger charge is 2.16. The van der Waals surface area contributed by atoms with Crippen molar-refractivity contribution in [2.75, 3.05) is 31.2 Å². The summed E-state index contributed by atoms with van der Waals surface area (Å²) in [6.07, 6.45) is -0.591. The van der Waals surface area contributed by atoms with Gasteiger partial charge in [-0.1, -0.05) is 6.07 Å². The van der Waals surface area contributed by atoms with Gasteiger partial charge in [-0.05, 0) is 32.9 Å². The largest absolute Gasteiger partial charge is 0.492 e. The average molecular weight is 359 g/mol. The van der Waals surface area contributed by atoms with E-state index in [-0.39, 0.29) is 25.4 Å². The predicted molar refractivity (Wildman–Crippen MR) is 92.4 cm³/mol. The highest BCUT2D eigenvalue weighted by atomic mass is 32.2. The third-order valence-corrected chi connectivity index (χ3v) is 3.94. The highest BCUT2D eigenvalue weighted by molar-refractivity contribution is 7.89. The normalized spacial score (nSPS) is 11.8. The number of hydrogen-bond donors (Lipinski definition) is 3. The number of rotatable bonds is 8. The molecule has 0 fully saturated rings. The first kappa shape index (κ1) is 20.0. The second kappa shape index (κ2) is 8.74. The van der Waals surface area contributed by atoms with Gasteiger partial charge in [0.15, 0.2) is 0 Å². The van der Waals surface area contributed by atoms with Gasteiger partial charge < -0.3 is 20.5 Å². The van der Waals surface area contributed by atoms with Crippen molar-refractivity contribution in [3.8, 4) is 5.75 Å². The molecule has 24 heavy (non-hydrogen) atoms. The third kappa shape index (κ3) is 9.21. The SMILES string of the molecule is CC(C)(C)OC(=O)NCCNS(=O)(=O)CCOc1cccc(N)c1. The summed E-state index contributed by atoms with van der Waals surface area (Å²) in [5.41, 5.74) is 5.55. The third-order valence-electron chi connectivity index (χ3n) is 2.59. The van der Waals surface area contributed by atoms with Crippen LogP contribution in [0.15, 0.2) is 24.3 Å². The van der Waals surface area contributed by atoms with Gasteiger partial charge in [-0.3, -0.25) is 0 Å². The van der Waals surface area contributed by atoms with Crippen molar-refractivity contribution in [3.63, 3.8) is 0 Å². The Morgan fingerprint density at radius 2 is 1.96 bits per heavy atom. The van der Waals surface area contributed by atoms with Crippen LogP contribution in [0.5, 0.6) is 5.75 Å². The zero-order valence-electron chi connectivity index (χ0n) is 14.2. The van der Waals surface area contributed by atoms with E-state index in [1.54, 1.807) is 45.0 Å². The minimum absolute atomic E-state index is 0.00171. The standard InChI is InChI=1S/C15H25N3O5S/c1-15(2,3)23-14(19)17-7-8-18-24(20,21)10-9-22-13-6-4-5-12(16)11-13/h4-6,11,18H,7-10,16H2,1-3H3,(H,17,19). The summed E-state index contributed by atoms with van der Waals surface area (Å²) in [7, 11) is -3.49. The van der Waals surface area contributed by atoms with Crippen LogP contribution in [0.1, 0.15) is 20.8 Å². The zero-order valence-corrected chi connectivity index (χ0v) is 15.0. The Morgan fingerprint density at radius 1 is 1.25 bits per heavy atom. The number of carbonyl (C=O) groups is 1. The molecule has 4 N–H and O–H groups in total. The number of carbonyl (C=O) groups excluding carboxylic acids is 1. The van der Waals surface area contributed by atoms with E-state index in [1.807, 2.05) is 0 Å². The molecule has 9 heteroatoms. The number of nitrogens with two attached hydrogens (primary N) is 1. The molecular weight excluding hydrogens is 334 g/mol. The van der Waals surface area contributed by atoms with E-state index < -0.39 is 21.7 Å². The lowest BCUT2D eigenvalue weighted by Gasteiger charge is -2.19. The van der Waals surface area contributed by atoms with Crippen molar-refractivity contribution in [1.29, 1.82) is 0 Å². The van der Waals surface area contributed by atoms with E-state index in [4.69, 9.17) is 15.2 Å². The summed E-state index contributed by atoms with van der Waals surface area (Å²) in [5.74, 6) is 0.311. The van der Waals surface area contributed by atoms with Crippen LogP contribution in [0.2, 0.25) is 0 Å². The quantitative estimate of drug-likeness (QED) is 0.472. The molecule has 1 aromatic rings. The van der Waals surface area contributed by atoms with Crippen LogP contribution in [0.25, 0.3) is 0 Å². The number of amides is 1. The smallest absolute Gasteiger partial charge is 0.407 e. The molecule has 0 saturated heterocycles. The van der Waals surface area contributed by atoms with E-state index >= 15 is 0 Å². The number of nitrogen functional groups attached to an aromatic ring is 1. The number of anilines is 1. The minimum atomic E-state index is -3.49. The maximum atomic E-state index is 11.8. The van der Waals surface area contributed by atoms with Crippen LogP contribution >= 0.6 is 0 Å². The summed E-state index contributed by atoms with van der Waals surface area (Å²) in [4.78, 5) is 11.4. The molecule has 0 aliphatic rings. The van der Waals surface area contributed by atoms with Crippen molar-refractivity contribution < 1.29 is 22.7 Å². The summed E-state index contributed by atoms with van der Waals surface area (Å²) in [5, 5.41) is 2.47. The Labute approximate surface area is 142 Å². The molecule has 0 radical (unpaired) electrons. The molecule has 0 saturated carbocycles. The van der Waals surface area contributed by atoms with Crippen LogP contribution in [0, 0.1) is 0 Å². The van der Waals surface area contributed by atoms with Crippen molar-refractivity contribution in [2.24, 2.45) is 0 Å². The van der Waals surface area contributed by atoms with Crippen LogP contribution in [0.3, 0.4) is 0 Å². The first-order chi connectivity index (χ1) is 11.1. The maximum absolute atomic E-state index is 11.8. The monoisotopic (exact) mass is 359 g/mol. The molecular formula is C15H25N3O5S. The van der Waals surface area contributed by atoms with Crippen molar-refractivity contribution in [1.82, 2.24) is 10.0 Å². The molecule has 8 nitrogen and oxygen atoms in total. The number of ether oxygens (including phenoxy) is 2. The number of nitrogens with one attached hydrogen (secondary N) is 2. The zero-order chi connectivity index (χ0) is 18.2. The van der Waals surface area contributed by atoms with Gasteiger partial charge in [0.2, 0.25) is 10.0 Å². The molecule has 1 amide bonds. The van der Waals surface area contributed by atoms with Crippen molar-refractivity contribution >= 4 is 21.8 Å². The van der Waals surface area contributed by atoms with Gasteiger partial charge in [-0.2, -0.15) is 0 Å². The Morgan fingerprint density at radius 3 is 2.58 bits per heavy atom. The van der Waals surface area contributed by atoms with E-state index in [1.165, 1.54) is 0 Å². The maximum Gasteiger partial charge on any atom is 0.407 e. The van der Waals surface area contributed by atoms with Gasteiger partial charge in [-0.15, -0.1) is 0 Å². The summed E-state index contributed by atoms with van der Waals surface area (Å²) >= 11 is 0. The molecule has 0 aliphatic heterocycles. The van der Waals surface area contributed by atoms with Gasteiger partial charge in [0.25, 0.3) is 0 Å². The summed E-state index contributed by atoms with van der Waals surface area (Å²) < 4.78 is 36.3. The van der Waals surface area contributed by atoms with E-state index in [9.17, 15) is 13.2 Å². The average Bonchev–Trinajstić information content (AvgIpc) is 2.42. The second-order valence-electron chi connectivity index (χ2n) is 6.06. The number of alkyl carbamates (subject to hydrolysis) is 1. The van der Waals surface area contributed by atoms with Crippen LogP contribution in [0.4, 0.5) is 10.5 Å². The molecule has 0 heterocycles. The number of sulfonamides is 1. The Bertz CT molecular complexity index is 641. The first-order valence-electron chi connectivity index (χ1n) is 7.50. The predicted octanol–water partition coefficient (Wildman–Crippen LogP) is 1.09. The van der Waals surface area contributed by atoms with E-state index in [0.29, 0.717) is 11.4 Å². The molecule has 0 atom stereocenters. The van der Waals surface area contributed by atoms with Crippen molar-refractivity contribution in [2.45, 2.75) is 26.4 Å². The Kier molecular flexibility index (Phi) is 7.30. The van der Waals surface area contributed by atoms with Gasteiger partial charge >= 0.3 is 6.09 Å². The molecule has 136 valence electrons. The molecule has 0 spiro atoms. The molecule has 1 aromatic carbocycles. The van der Waals surface area contributed by atoms with E-state index in [0.717, 1.165) is 0 Å². The van der Waals surface area contributed by atoms with Gasteiger partial charge in [0, 0.05) is 24.8 Å². The topological polar surface area (TPSA) is 120 Å². The summed E-state index contributed by atoms with van der Waals surface area (Å²) in [6.45, 7) is 5.43. The number of benzene rings is 1. The fourth-order valence-electron chi connectivity index (χ4n) is 1.63. The highest BCUT2D eigenvalue weighted by Crippen LogP contribution is 2.14. The lowest BCUT2D eigenvalue weighted by atomic mass is 10.2. The minimum Gasteiger partial charge on any atom is -0.492 e. The van der Waals surface area contributed by atoms with Crippen LogP contribution in [-0.4, -0.2) is 45.6 Å². The first-order valence-corrected chi connectivity index (χ1v) is 9.15. The lowest BCUT2D eigenvalue weighted by molar-refractivity contribution is 0.0529. The lowest BCUT2D eigenvalue weighted by Crippen LogP contribution is -2.38. The Hall–Kier alpha value is -2.00. The van der Waals surface area contributed by atoms with Gasteiger partial charge in [0.05, 0.1) is 5.75 Å². The molecule has 0 aromatic heterocycles. The Balaban J connectivity index is 2.23. The van der Waals surface area contributed by atoms with Crippen LogP contribution < -0.4 is 20.5 Å². The van der Waals surface area contributed by atoms with Crippen molar-refractivity contribution in [3.05, 3.63) is 24.3 Å². The summed E-state index contributed by atoms with van der Waals surface area (Å²) in [6, 6.07) is 6.74. The molecule has 1 rings (SSSR count).